The summed E-state index contributed by atoms with van der Waals surface area (Å²) in [6.45, 7) is 5.06. The number of alkyl halides is 1. The van der Waals surface area contributed by atoms with Gasteiger partial charge in [0.15, 0.2) is 11.9 Å². The van der Waals surface area contributed by atoms with Crippen LogP contribution in [0.15, 0.2) is 47.4 Å². The van der Waals surface area contributed by atoms with Gasteiger partial charge in [0.1, 0.15) is 11.9 Å². The Morgan fingerprint density at radius 1 is 1.39 bits per heavy atom. The Morgan fingerprint density at radius 3 is 2.71 bits per heavy atom. The van der Waals surface area contributed by atoms with Gasteiger partial charge in [-0.1, -0.05) is 25.1 Å². The lowest BCUT2D eigenvalue weighted by Crippen LogP contribution is -2.42. The molecule has 28 heavy (non-hydrogen) atoms. The summed E-state index contributed by atoms with van der Waals surface area (Å²) < 4.78 is 27.9. The van der Waals surface area contributed by atoms with E-state index in [1.54, 1.807) is 30.3 Å². The van der Waals surface area contributed by atoms with E-state index in [4.69, 9.17) is 9.26 Å². The summed E-state index contributed by atoms with van der Waals surface area (Å²) in [6.07, 6.45) is -0.454. The van der Waals surface area contributed by atoms with Gasteiger partial charge in [0.2, 0.25) is 0 Å². The van der Waals surface area contributed by atoms with Gasteiger partial charge in [0, 0.05) is 20.6 Å². The van der Waals surface area contributed by atoms with Crippen molar-refractivity contribution in [2.75, 3.05) is 12.0 Å². The van der Waals surface area contributed by atoms with Crippen LogP contribution in [0.2, 0.25) is 0 Å². The van der Waals surface area contributed by atoms with Crippen molar-refractivity contribution in [3.05, 3.63) is 58.6 Å². The number of carbonyl (C=O) groups excluding carboxylic acids is 1. The number of anilines is 1. The number of ether oxygens (including phenoxy) is 1. The van der Waals surface area contributed by atoms with E-state index in [1.165, 1.54) is 19.2 Å². The number of hydrogen-bond donors (Lipinski definition) is 1. The maximum atomic E-state index is 15.5. The molecular weight excluding hydrogens is 384 g/mol. The van der Waals surface area contributed by atoms with E-state index in [2.05, 4.69) is 10.3 Å². The van der Waals surface area contributed by atoms with E-state index in [9.17, 15) is 9.59 Å². The zero-order valence-corrected chi connectivity index (χ0v) is 16.9. The number of amides is 1. The van der Waals surface area contributed by atoms with Gasteiger partial charge in [-0.3, -0.25) is 9.36 Å². The molecule has 7 nitrogen and oxygen atoms in total. The van der Waals surface area contributed by atoms with E-state index in [1.807, 2.05) is 13.6 Å². The van der Waals surface area contributed by atoms with Gasteiger partial charge in [-0.25, -0.2) is 9.18 Å². The summed E-state index contributed by atoms with van der Waals surface area (Å²) in [5.41, 5.74) is -2.17. The second kappa shape index (κ2) is 8.47. The molecule has 2 heterocycles. The van der Waals surface area contributed by atoms with E-state index in [0.717, 1.165) is 4.57 Å². The molecule has 0 bridgehead atoms. The molecule has 3 rings (SSSR count). The minimum Gasteiger partial charge on any atom is -0.353 e. The van der Waals surface area contributed by atoms with Crippen molar-refractivity contribution in [1.29, 1.82) is 0 Å². The van der Waals surface area contributed by atoms with Crippen LogP contribution in [0.4, 0.5) is 10.2 Å². The molecule has 1 aliphatic heterocycles. The molecule has 1 saturated heterocycles. The van der Waals surface area contributed by atoms with Gasteiger partial charge in [-0.05, 0) is 38.2 Å². The Morgan fingerprint density at radius 2 is 2.11 bits per heavy atom. The third-order valence-electron chi connectivity index (χ3n) is 4.69. The molecule has 1 N–H and O–H groups in total. The van der Waals surface area contributed by atoms with Crippen molar-refractivity contribution in [3.63, 3.8) is 0 Å². The van der Waals surface area contributed by atoms with Crippen LogP contribution in [0.3, 0.4) is 0 Å². The Bertz CT molecular complexity index is 890. The predicted octanol–water partition coefficient (Wildman–Crippen LogP) is 3.14. The number of aromatic nitrogens is 2. The molecule has 1 aliphatic rings. The summed E-state index contributed by atoms with van der Waals surface area (Å²) in [4.78, 5) is 28.6. The highest BCUT2D eigenvalue weighted by Gasteiger charge is 2.56. The largest absolute Gasteiger partial charge is 0.353 e. The molecule has 9 heteroatoms. The molecule has 1 fully saturated rings. The van der Waals surface area contributed by atoms with Crippen LogP contribution >= 0.6 is 8.81 Å². The average Bonchev–Trinajstić information content (AvgIpc) is 2.93. The zero-order chi connectivity index (χ0) is 20.3. The monoisotopic (exact) mass is 407 g/mol. The number of rotatable bonds is 6. The molecular formula is C19H23FN3O4P. The van der Waals surface area contributed by atoms with Crippen LogP contribution in [0.5, 0.6) is 0 Å². The van der Waals surface area contributed by atoms with Crippen LogP contribution in [-0.4, -0.2) is 40.0 Å². The minimum atomic E-state index is -1.90. The van der Waals surface area contributed by atoms with Crippen molar-refractivity contribution < 1.29 is 18.4 Å². The number of halogens is 1. The standard InChI is InChI=1S/C19H23FN3O4P/c1-4-13-15(27-28-3)19(2,20)17(26-13)23-11-10-14(22-18(23)25)21-16(24)12-8-6-5-7-9-12/h5-11,13,15,17,28H,4H2,1-3H3,(H,21,22,24,25)/t13-,15+,17-,19?/m1/s1. The second-order valence-electron chi connectivity index (χ2n) is 6.65. The molecule has 0 saturated carbocycles. The Labute approximate surface area is 164 Å². The average molecular weight is 407 g/mol. The van der Waals surface area contributed by atoms with E-state index in [-0.39, 0.29) is 20.5 Å². The second-order valence-corrected chi connectivity index (χ2v) is 7.30. The van der Waals surface area contributed by atoms with Crippen molar-refractivity contribution in [3.8, 4) is 0 Å². The van der Waals surface area contributed by atoms with Gasteiger partial charge in [-0.15, -0.1) is 0 Å². The van der Waals surface area contributed by atoms with Crippen LogP contribution in [0, 0.1) is 0 Å². The quantitative estimate of drug-likeness (QED) is 0.744. The van der Waals surface area contributed by atoms with Gasteiger partial charge in [-0.2, -0.15) is 4.98 Å². The first-order valence-electron chi connectivity index (χ1n) is 9.00. The summed E-state index contributed by atoms with van der Waals surface area (Å²) >= 11 is 0. The summed E-state index contributed by atoms with van der Waals surface area (Å²) in [7, 11) is 0.103. The number of nitrogens with zero attached hydrogens (tertiary/aromatic N) is 2. The highest BCUT2D eigenvalue weighted by atomic mass is 31.1. The van der Waals surface area contributed by atoms with Gasteiger partial charge < -0.3 is 14.6 Å². The normalized spacial score (nSPS) is 27.4. The van der Waals surface area contributed by atoms with Crippen molar-refractivity contribution in [2.24, 2.45) is 0 Å². The van der Waals surface area contributed by atoms with E-state index >= 15 is 4.39 Å². The molecule has 0 aliphatic carbocycles. The summed E-state index contributed by atoms with van der Waals surface area (Å²) in [5, 5.41) is 2.57. The van der Waals surface area contributed by atoms with Crippen molar-refractivity contribution in [2.45, 2.75) is 44.4 Å². The summed E-state index contributed by atoms with van der Waals surface area (Å²) in [5.74, 6) is -0.301. The topological polar surface area (TPSA) is 82.5 Å². The van der Waals surface area contributed by atoms with Gasteiger partial charge >= 0.3 is 5.69 Å². The van der Waals surface area contributed by atoms with E-state index < -0.39 is 29.8 Å². The van der Waals surface area contributed by atoms with Crippen LogP contribution in [0.25, 0.3) is 0 Å². The first-order chi connectivity index (χ1) is 13.4. The van der Waals surface area contributed by atoms with E-state index in [0.29, 0.717) is 12.0 Å². The Hall–Kier alpha value is -2.15. The summed E-state index contributed by atoms with van der Waals surface area (Å²) in [6, 6.07) is 10.0. The van der Waals surface area contributed by atoms with Gasteiger partial charge in [0.25, 0.3) is 5.91 Å². The van der Waals surface area contributed by atoms with Crippen LogP contribution in [0.1, 0.15) is 36.9 Å². The van der Waals surface area contributed by atoms with Gasteiger partial charge in [0.05, 0.1) is 6.10 Å². The maximum absolute atomic E-state index is 15.5. The fraction of sp³-hybridized carbons (Fsp3) is 0.421. The number of carbonyl (C=O) groups is 1. The highest BCUT2D eigenvalue weighted by Crippen LogP contribution is 2.45. The van der Waals surface area contributed by atoms with Crippen LogP contribution < -0.4 is 11.0 Å². The lowest BCUT2D eigenvalue weighted by atomic mass is 9.97. The first-order valence-corrected chi connectivity index (χ1v) is 10.4. The first kappa shape index (κ1) is 20.6. The smallest absolute Gasteiger partial charge is 0.351 e. The molecule has 0 spiro atoms. The predicted molar refractivity (Wildman–Crippen MR) is 106 cm³/mol. The minimum absolute atomic E-state index is 0.0866. The van der Waals surface area contributed by atoms with Crippen molar-refractivity contribution in [1.82, 2.24) is 9.55 Å². The molecule has 5 atom stereocenters. The fourth-order valence-electron chi connectivity index (χ4n) is 3.28. The SMILES string of the molecule is CC[C@H]1O[C@@H](n2ccc(NC(=O)c3ccccc3)nc2=O)C(C)(F)[C@H]1OPC. The third-order valence-corrected chi connectivity index (χ3v) is 5.18. The molecule has 2 unspecified atom stereocenters. The highest BCUT2D eigenvalue weighted by molar-refractivity contribution is 7.31. The molecule has 1 amide bonds. The molecule has 1 aromatic heterocycles. The third kappa shape index (κ3) is 3.99. The molecule has 150 valence electrons. The lowest BCUT2D eigenvalue weighted by molar-refractivity contribution is -0.0505. The zero-order valence-electron chi connectivity index (χ0n) is 15.9. The number of hydrogen-bond acceptors (Lipinski definition) is 5. The molecule has 2 aromatic rings. The maximum Gasteiger partial charge on any atom is 0.351 e. The number of benzene rings is 1. The Balaban J connectivity index is 1.83. The van der Waals surface area contributed by atoms with Crippen molar-refractivity contribution >= 4 is 20.5 Å². The van der Waals surface area contributed by atoms with Crippen LogP contribution in [-0.2, 0) is 9.26 Å². The Kier molecular flexibility index (Phi) is 6.23. The lowest BCUT2D eigenvalue weighted by Gasteiger charge is -2.27. The fourth-order valence-corrected chi connectivity index (χ4v) is 3.91. The number of nitrogens with one attached hydrogen (secondary N) is 1. The molecule has 1 aromatic carbocycles. The molecule has 0 radical (unpaired) electrons.